The van der Waals surface area contributed by atoms with E-state index in [9.17, 15) is 4.79 Å². The van der Waals surface area contributed by atoms with E-state index in [4.69, 9.17) is 10.3 Å². The number of rotatable bonds is 3. The van der Waals surface area contributed by atoms with E-state index in [0.29, 0.717) is 11.3 Å². The summed E-state index contributed by atoms with van der Waals surface area (Å²) >= 11 is 1.52. The summed E-state index contributed by atoms with van der Waals surface area (Å²) in [6.07, 6.45) is 3.02. The molecular weight excluding hydrogens is 334 g/mol. The molecule has 1 aromatic carbocycles. The average Bonchev–Trinajstić information content (AvgIpc) is 3.20. The van der Waals surface area contributed by atoms with Crippen LogP contribution in [0.25, 0.3) is 10.6 Å². The van der Waals surface area contributed by atoms with E-state index in [1.54, 1.807) is 0 Å². The third-order valence-electron chi connectivity index (χ3n) is 4.70. The minimum atomic E-state index is -0.233. The van der Waals surface area contributed by atoms with Gasteiger partial charge in [0, 0.05) is 0 Å². The minimum Gasteiger partial charge on any atom is -0.367 e. The van der Waals surface area contributed by atoms with Crippen LogP contribution in [0.5, 0.6) is 0 Å². The van der Waals surface area contributed by atoms with Crippen molar-refractivity contribution in [1.82, 2.24) is 10.5 Å². The Bertz CT molecular complexity index is 928. The summed E-state index contributed by atoms with van der Waals surface area (Å²) in [6, 6.07) is 10.2. The summed E-state index contributed by atoms with van der Waals surface area (Å²) in [5.41, 5.74) is 10.3. The third-order valence-corrected chi connectivity index (χ3v) is 5.72. The number of benzene rings is 1. The molecule has 0 aliphatic heterocycles. The van der Waals surface area contributed by atoms with Crippen molar-refractivity contribution in [1.29, 1.82) is 0 Å². The Hall–Kier alpha value is -2.60. The number of fused-ring (bicyclic) bond motifs is 1. The molecule has 2 heterocycles. The van der Waals surface area contributed by atoms with Gasteiger partial charge in [-0.1, -0.05) is 29.4 Å². The predicted octanol–water partition coefficient (Wildman–Crippen LogP) is 4.10. The number of nitrogen functional groups attached to an aromatic ring is 1. The number of amides is 1. The fraction of sp³-hybridized carbons (Fsp3) is 0.263. The fourth-order valence-electron chi connectivity index (χ4n) is 3.43. The summed E-state index contributed by atoms with van der Waals surface area (Å²) in [5, 5.41) is 9.12. The summed E-state index contributed by atoms with van der Waals surface area (Å²) in [4.78, 5) is 13.9. The van der Waals surface area contributed by atoms with Gasteiger partial charge >= 0.3 is 0 Å². The molecule has 0 spiro atoms. The van der Waals surface area contributed by atoms with Crippen molar-refractivity contribution >= 4 is 23.1 Å². The molecule has 1 unspecified atom stereocenters. The standard InChI is InChI=1S/C19H19N3O2S/c1-11-9-10-25-17(11)16-15(18(20)24-22-16)19(23)21-14-8-4-6-12-5-2-3-7-13(12)14/h2-3,5,7,9-10,14H,4,6,8,20H2,1H3,(H,21,23). The second-order valence-electron chi connectivity index (χ2n) is 6.32. The average molecular weight is 353 g/mol. The van der Waals surface area contributed by atoms with Crippen LogP contribution in [-0.4, -0.2) is 11.1 Å². The van der Waals surface area contributed by atoms with Crippen molar-refractivity contribution in [3.63, 3.8) is 0 Å². The Morgan fingerprint density at radius 3 is 3.00 bits per heavy atom. The highest BCUT2D eigenvalue weighted by Gasteiger charge is 2.28. The topological polar surface area (TPSA) is 81.2 Å². The van der Waals surface area contributed by atoms with Crippen LogP contribution in [0.4, 0.5) is 5.88 Å². The molecule has 1 amide bonds. The van der Waals surface area contributed by atoms with Gasteiger partial charge in [0.15, 0.2) is 0 Å². The smallest absolute Gasteiger partial charge is 0.259 e. The van der Waals surface area contributed by atoms with E-state index >= 15 is 0 Å². The van der Waals surface area contributed by atoms with Crippen LogP contribution in [-0.2, 0) is 6.42 Å². The molecule has 1 aliphatic rings. The van der Waals surface area contributed by atoms with Gasteiger partial charge < -0.3 is 15.6 Å². The maximum absolute atomic E-state index is 12.9. The maximum Gasteiger partial charge on any atom is 0.259 e. The highest BCUT2D eigenvalue weighted by Crippen LogP contribution is 2.35. The van der Waals surface area contributed by atoms with Crippen molar-refractivity contribution in [2.24, 2.45) is 0 Å². The Kier molecular flexibility index (Phi) is 4.05. The van der Waals surface area contributed by atoms with Gasteiger partial charge in [-0.3, -0.25) is 4.79 Å². The fourth-order valence-corrected chi connectivity index (χ4v) is 4.34. The third kappa shape index (κ3) is 2.82. The summed E-state index contributed by atoms with van der Waals surface area (Å²) in [5.74, 6) is -0.173. The van der Waals surface area contributed by atoms with Crippen LogP contribution in [0.3, 0.4) is 0 Å². The first-order valence-corrected chi connectivity index (χ1v) is 9.21. The number of carbonyl (C=O) groups excluding carboxylic acids is 1. The van der Waals surface area contributed by atoms with E-state index in [2.05, 4.69) is 22.6 Å². The van der Waals surface area contributed by atoms with Gasteiger partial charge in [-0.15, -0.1) is 11.3 Å². The number of nitrogens with zero attached hydrogens (tertiary/aromatic N) is 1. The van der Waals surface area contributed by atoms with Gasteiger partial charge in [-0.05, 0) is 54.3 Å². The summed E-state index contributed by atoms with van der Waals surface area (Å²) in [7, 11) is 0. The molecule has 0 bridgehead atoms. The zero-order valence-electron chi connectivity index (χ0n) is 13.9. The largest absolute Gasteiger partial charge is 0.367 e. The minimum absolute atomic E-state index is 0.0102. The molecule has 0 saturated heterocycles. The van der Waals surface area contributed by atoms with Crippen LogP contribution in [0.1, 0.15) is 45.9 Å². The Morgan fingerprint density at radius 2 is 2.20 bits per heavy atom. The number of carbonyl (C=O) groups is 1. The summed E-state index contributed by atoms with van der Waals surface area (Å²) < 4.78 is 5.13. The quantitative estimate of drug-likeness (QED) is 0.743. The Balaban J connectivity index is 1.65. The Morgan fingerprint density at radius 1 is 1.36 bits per heavy atom. The molecule has 0 fully saturated rings. The first-order chi connectivity index (χ1) is 12.1. The van der Waals surface area contributed by atoms with Gasteiger partial charge in [0.1, 0.15) is 11.3 Å². The van der Waals surface area contributed by atoms with E-state index in [0.717, 1.165) is 29.7 Å². The number of hydrogen-bond donors (Lipinski definition) is 2. The number of anilines is 1. The number of nitrogens with one attached hydrogen (secondary N) is 1. The molecular formula is C19H19N3O2S. The first kappa shape index (κ1) is 15.9. The van der Waals surface area contributed by atoms with Gasteiger partial charge in [0.05, 0.1) is 10.9 Å². The molecule has 6 heteroatoms. The van der Waals surface area contributed by atoms with Crippen LogP contribution in [0.15, 0.2) is 40.2 Å². The molecule has 3 N–H and O–H groups in total. The predicted molar refractivity (Wildman–Crippen MR) is 98.6 cm³/mol. The number of aryl methyl sites for hydroxylation is 2. The van der Waals surface area contributed by atoms with Crippen LogP contribution in [0, 0.1) is 6.92 Å². The molecule has 2 aromatic heterocycles. The van der Waals surface area contributed by atoms with E-state index < -0.39 is 0 Å². The number of aromatic nitrogens is 1. The monoisotopic (exact) mass is 353 g/mol. The number of thiophene rings is 1. The van der Waals surface area contributed by atoms with Gasteiger partial charge in [-0.2, -0.15) is 0 Å². The number of nitrogens with two attached hydrogens (primary N) is 1. The second kappa shape index (κ2) is 6.37. The summed E-state index contributed by atoms with van der Waals surface area (Å²) in [6.45, 7) is 1.98. The Labute approximate surface area is 149 Å². The first-order valence-electron chi connectivity index (χ1n) is 8.33. The lowest BCUT2D eigenvalue weighted by Gasteiger charge is -2.26. The highest BCUT2D eigenvalue weighted by molar-refractivity contribution is 7.13. The van der Waals surface area contributed by atoms with E-state index in [1.165, 1.54) is 22.5 Å². The van der Waals surface area contributed by atoms with Gasteiger partial charge in [-0.25, -0.2) is 0 Å². The second-order valence-corrected chi connectivity index (χ2v) is 7.24. The van der Waals surface area contributed by atoms with Crippen LogP contribution in [0.2, 0.25) is 0 Å². The van der Waals surface area contributed by atoms with E-state index in [-0.39, 0.29) is 17.8 Å². The SMILES string of the molecule is Cc1ccsc1-c1noc(N)c1C(=O)NC1CCCc2ccccc21. The zero-order valence-corrected chi connectivity index (χ0v) is 14.7. The molecule has 1 aliphatic carbocycles. The maximum atomic E-state index is 12.9. The van der Waals surface area contributed by atoms with Crippen molar-refractivity contribution < 1.29 is 9.32 Å². The molecule has 0 saturated carbocycles. The molecule has 0 radical (unpaired) electrons. The van der Waals surface area contributed by atoms with Crippen molar-refractivity contribution in [2.75, 3.05) is 5.73 Å². The number of hydrogen-bond acceptors (Lipinski definition) is 5. The van der Waals surface area contributed by atoms with Crippen molar-refractivity contribution in [2.45, 2.75) is 32.2 Å². The van der Waals surface area contributed by atoms with E-state index in [1.807, 2.05) is 30.5 Å². The van der Waals surface area contributed by atoms with Gasteiger partial charge in [0.25, 0.3) is 5.91 Å². The van der Waals surface area contributed by atoms with Crippen molar-refractivity contribution in [3.05, 3.63) is 58.0 Å². The lowest BCUT2D eigenvalue weighted by Crippen LogP contribution is -2.31. The van der Waals surface area contributed by atoms with Crippen LogP contribution < -0.4 is 11.1 Å². The zero-order chi connectivity index (χ0) is 17.4. The normalized spacial score (nSPS) is 16.4. The molecule has 3 aromatic rings. The lowest BCUT2D eigenvalue weighted by atomic mass is 9.87. The molecule has 5 nitrogen and oxygen atoms in total. The molecule has 128 valence electrons. The van der Waals surface area contributed by atoms with Gasteiger partial charge in [0.2, 0.25) is 5.88 Å². The highest BCUT2D eigenvalue weighted by atomic mass is 32.1. The molecule has 1 atom stereocenters. The lowest BCUT2D eigenvalue weighted by molar-refractivity contribution is 0.0934. The van der Waals surface area contributed by atoms with Crippen LogP contribution >= 0.6 is 11.3 Å². The molecule has 25 heavy (non-hydrogen) atoms. The molecule has 4 rings (SSSR count). The van der Waals surface area contributed by atoms with Crippen molar-refractivity contribution in [3.8, 4) is 10.6 Å².